The van der Waals surface area contributed by atoms with Crippen LogP contribution in [0.15, 0.2) is 24.3 Å². The number of nitrogens with one attached hydrogen (secondary N) is 2. The molecule has 0 bridgehead atoms. The molecule has 3 amide bonds. The van der Waals surface area contributed by atoms with E-state index in [0.717, 1.165) is 0 Å². The molecule has 0 aliphatic carbocycles. The summed E-state index contributed by atoms with van der Waals surface area (Å²) in [7, 11) is 1.64. The van der Waals surface area contributed by atoms with Crippen molar-refractivity contribution in [3.8, 4) is 0 Å². The Hall–Kier alpha value is -1.75. The number of benzene rings is 1. The van der Waals surface area contributed by atoms with Gasteiger partial charge in [-0.25, -0.2) is 4.79 Å². The first kappa shape index (κ1) is 14.7. The molecule has 1 fully saturated rings. The molecule has 1 aliphatic rings. The van der Waals surface area contributed by atoms with E-state index < -0.39 is 0 Å². The molecule has 1 aromatic carbocycles. The van der Waals surface area contributed by atoms with E-state index in [1.165, 1.54) is 0 Å². The molecule has 1 aliphatic heterocycles. The smallest absolute Gasteiger partial charge is 0.321 e. The zero-order valence-electron chi connectivity index (χ0n) is 11.4. The highest BCUT2D eigenvalue weighted by Gasteiger charge is 2.26. The van der Waals surface area contributed by atoms with E-state index in [1.807, 2.05) is 0 Å². The topological polar surface area (TPSA) is 61.4 Å². The lowest BCUT2D eigenvalue weighted by Crippen LogP contribution is -2.44. The van der Waals surface area contributed by atoms with E-state index in [4.69, 9.17) is 11.6 Å². The van der Waals surface area contributed by atoms with Crippen LogP contribution in [0.5, 0.6) is 0 Å². The van der Waals surface area contributed by atoms with Crippen molar-refractivity contribution in [3.05, 3.63) is 29.3 Å². The average Bonchev–Trinajstić information content (AvgIpc) is 2.49. The minimum atomic E-state index is -0.136. The number of likely N-dealkylation sites (tertiary alicyclic amines) is 1. The summed E-state index contributed by atoms with van der Waals surface area (Å²) >= 11 is 5.80. The highest BCUT2D eigenvalue weighted by molar-refractivity contribution is 6.30. The maximum Gasteiger partial charge on any atom is 0.321 e. The van der Waals surface area contributed by atoms with Crippen molar-refractivity contribution in [1.82, 2.24) is 10.2 Å². The molecule has 0 radical (unpaired) electrons. The molecular formula is C14H18ClN3O2. The Morgan fingerprint density at radius 1 is 1.20 bits per heavy atom. The molecule has 1 saturated heterocycles. The number of amides is 3. The Labute approximate surface area is 123 Å². The van der Waals surface area contributed by atoms with Gasteiger partial charge in [-0.1, -0.05) is 11.6 Å². The lowest BCUT2D eigenvalue weighted by Gasteiger charge is -2.31. The summed E-state index contributed by atoms with van der Waals surface area (Å²) in [6, 6.07) is 6.85. The zero-order valence-corrected chi connectivity index (χ0v) is 12.1. The van der Waals surface area contributed by atoms with Crippen molar-refractivity contribution in [2.45, 2.75) is 12.8 Å². The summed E-state index contributed by atoms with van der Waals surface area (Å²) in [6.45, 7) is 1.19. The molecule has 1 aromatic rings. The second-order valence-corrected chi connectivity index (χ2v) is 5.25. The van der Waals surface area contributed by atoms with Crippen LogP contribution >= 0.6 is 11.6 Å². The third-order valence-electron chi connectivity index (χ3n) is 3.49. The lowest BCUT2D eigenvalue weighted by atomic mass is 9.96. The molecule has 0 aromatic heterocycles. The Morgan fingerprint density at radius 3 is 2.35 bits per heavy atom. The molecule has 20 heavy (non-hydrogen) atoms. The van der Waals surface area contributed by atoms with Crippen molar-refractivity contribution in [2.75, 3.05) is 25.5 Å². The maximum atomic E-state index is 12.1. The van der Waals surface area contributed by atoms with E-state index in [0.29, 0.717) is 36.6 Å². The number of urea groups is 1. The van der Waals surface area contributed by atoms with E-state index in [-0.39, 0.29) is 17.9 Å². The van der Waals surface area contributed by atoms with Gasteiger partial charge in [0.2, 0.25) is 5.91 Å². The van der Waals surface area contributed by atoms with Crippen LogP contribution in [-0.4, -0.2) is 37.0 Å². The van der Waals surface area contributed by atoms with Crippen LogP contribution in [0.3, 0.4) is 0 Å². The number of anilines is 1. The van der Waals surface area contributed by atoms with Crippen molar-refractivity contribution in [2.24, 2.45) is 5.92 Å². The van der Waals surface area contributed by atoms with Gasteiger partial charge in [0, 0.05) is 36.8 Å². The SMILES string of the molecule is CNC(=O)C1CCN(C(=O)Nc2ccc(Cl)cc2)CC1. The van der Waals surface area contributed by atoms with Crippen LogP contribution in [0.2, 0.25) is 5.02 Å². The standard InChI is InChI=1S/C14H18ClN3O2/c1-16-13(19)10-6-8-18(9-7-10)14(20)17-12-4-2-11(15)3-5-12/h2-5,10H,6-9H2,1H3,(H,16,19)(H,17,20). The third kappa shape index (κ3) is 3.63. The molecule has 2 N–H and O–H groups in total. The Morgan fingerprint density at radius 2 is 1.80 bits per heavy atom. The number of nitrogens with zero attached hydrogens (tertiary/aromatic N) is 1. The van der Waals surface area contributed by atoms with Gasteiger partial charge in [0.05, 0.1) is 0 Å². The van der Waals surface area contributed by atoms with Gasteiger partial charge in [-0.2, -0.15) is 0 Å². The number of carbonyl (C=O) groups excluding carboxylic acids is 2. The summed E-state index contributed by atoms with van der Waals surface area (Å²) in [5, 5.41) is 6.11. The molecule has 108 valence electrons. The Balaban J connectivity index is 1.85. The van der Waals surface area contributed by atoms with E-state index >= 15 is 0 Å². The fraction of sp³-hybridized carbons (Fsp3) is 0.429. The van der Waals surface area contributed by atoms with E-state index in [2.05, 4.69) is 10.6 Å². The van der Waals surface area contributed by atoms with Crippen molar-refractivity contribution in [1.29, 1.82) is 0 Å². The summed E-state index contributed by atoms with van der Waals surface area (Å²) in [5.74, 6) is 0.0716. The summed E-state index contributed by atoms with van der Waals surface area (Å²) in [5.41, 5.74) is 0.716. The van der Waals surface area contributed by atoms with Crippen LogP contribution in [0, 0.1) is 5.92 Å². The van der Waals surface area contributed by atoms with Crippen LogP contribution < -0.4 is 10.6 Å². The minimum absolute atomic E-state index is 0.0135. The van der Waals surface area contributed by atoms with Gasteiger partial charge in [0.25, 0.3) is 0 Å². The molecule has 0 saturated carbocycles. The second-order valence-electron chi connectivity index (χ2n) is 4.81. The Bertz CT molecular complexity index is 482. The Kier molecular flexibility index (Phi) is 4.84. The van der Waals surface area contributed by atoms with Gasteiger partial charge < -0.3 is 15.5 Å². The van der Waals surface area contributed by atoms with Crippen molar-refractivity contribution < 1.29 is 9.59 Å². The molecule has 5 nitrogen and oxygen atoms in total. The van der Waals surface area contributed by atoms with E-state index in [9.17, 15) is 9.59 Å². The molecule has 2 rings (SSSR count). The fourth-order valence-electron chi connectivity index (χ4n) is 2.28. The second kappa shape index (κ2) is 6.61. The molecule has 0 unspecified atom stereocenters. The number of carbonyl (C=O) groups is 2. The first-order valence-electron chi connectivity index (χ1n) is 6.63. The number of hydrogen-bond donors (Lipinski definition) is 2. The summed E-state index contributed by atoms with van der Waals surface area (Å²) < 4.78 is 0. The first-order valence-corrected chi connectivity index (χ1v) is 7.01. The molecular weight excluding hydrogens is 278 g/mol. The fourth-order valence-corrected chi connectivity index (χ4v) is 2.41. The maximum absolute atomic E-state index is 12.1. The zero-order chi connectivity index (χ0) is 14.5. The van der Waals surface area contributed by atoms with Crippen LogP contribution in [0.1, 0.15) is 12.8 Å². The van der Waals surface area contributed by atoms with Gasteiger partial charge >= 0.3 is 6.03 Å². The highest BCUT2D eigenvalue weighted by Crippen LogP contribution is 2.19. The van der Waals surface area contributed by atoms with Crippen molar-refractivity contribution in [3.63, 3.8) is 0 Å². The summed E-state index contributed by atoms with van der Waals surface area (Å²) in [4.78, 5) is 25.3. The van der Waals surface area contributed by atoms with Gasteiger partial charge in [0.1, 0.15) is 0 Å². The predicted molar refractivity (Wildman–Crippen MR) is 78.8 cm³/mol. The normalized spacial score (nSPS) is 15.8. The highest BCUT2D eigenvalue weighted by atomic mass is 35.5. The van der Waals surface area contributed by atoms with Gasteiger partial charge in [-0.3, -0.25) is 4.79 Å². The lowest BCUT2D eigenvalue weighted by molar-refractivity contribution is -0.125. The van der Waals surface area contributed by atoms with E-state index in [1.54, 1.807) is 36.2 Å². The van der Waals surface area contributed by atoms with Gasteiger partial charge in [-0.15, -0.1) is 0 Å². The average molecular weight is 296 g/mol. The molecule has 0 atom stereocenters. The van der Waals surface area contributed by atoms with Crippen molar-refractivity contribution >= 4 is 29.2 Å². The molecule has 1 heterocycles. The van der Waals surface area contributed by atoms with Crippen LogP contribution in [0.4, 0.5) is 10.5 Å². The number of piperidine rings is 1. The number of hydrogen-bond acceptors (Lipinski definition) is 2. The number of halogens is 1. The monoisotopic (exact) mass is 295 g/mol. The molecule has 6 heteroatoms. The van der Waals surface area contributed by atoms with Gasteiger partial charge in [-0.05, 0) is 37.1 Å². The number of rotatable bonds is 2. The summed E-state index contributed by atoms with van der Waals surface area (Å²) in [6.07, 6.45) is 1.40. The predicted octanol–water partition coefficient (Wildman–Crippen LogP) is 2.33. The van der Waals surface area contributed by atoms with Crippen LogP contribution in [-0.2, 0) is 4.79 Å². The first-order chi connectivity index (χ1) is 9.60. The largest absolute Gasteiger partial charge is 0.359 e. The van der Waals surface area contributed by atoms with Gasteiger partial charge in [0.15, 0.2) is 0 Å². The minimum Gasteiger partial charge on any atom is -0.359 e. The quantitative estimate of drug-likeness (QED) is 0.879. The third-order valence-corrected chi connectivity index (χ3v) is 3.75. The molecule has 0 spiro atoms. The van der Waals surface area contributed by atoms with Crippen LogP contribution in [0.25, 0.3) is 0 Å².